The Labute approximate surface area is 381 Å². The number of aryl methyl sites for hydroxylation is 2. The smallest absolute Gasteiger partial charge is 0.335 e. The summed E-state index contributed by atoms with van der Waals surface area (Å²) in [6.45, 7) is 4.33. The second-order valence-electron chi connectivity index (χ2n) is 15.3. The van der Waals surface area contributed by atoms with E-state index >= 15 is 0 Å². The van der Waals surface area contributed by atoms with Crippen LogP contribution in [0, 0.1) is 43.0 Å². The maximum atomic E-state index is 14.7. The first-order valence-electron chi connectivity index (χ1n) is 20.3. The monoisotopic (exact) mass is 931 g/mol. The Bertz CT molecular complexity index is 3360. The minimum absolute atomic E-state index is 0.0194. The molecule has 1 aliphatic carbocycles. The number of carboxylic acids is 1. The van der Waals surface area contributed by atoms with Gasteiger partial charge in [-0.1, -0.05) is 47.8 Å². The van der Waals surface area contributed by atoms with E-state index in [1.54, 1.807) is 43.7 Å². The molecule has 1 fully saturated rings. The number of para-hydroxylation sites is 2. The Morgan fingerprint density at radius 3 is 1.47 bits per heavy atom. The van der Waals surface area contributed by atoms with E-state index in [1.165, 1.54) is 66.0 Å². The normalized spacial score (nSPS) is 12.2. The predicted octanol–water partition coefficient (Wildman–Crippen LogP) is 9.35. The maximum absolute atomic E-state index is 14.7. The fourth-order valence-electron chi connectivity index (χ4n) is 7.31. The van der Waals surface area contributed by atoms with Crippen molar-refractivity contribution in [2.45, 2.75) is 37.0 Å². The molecule has 1 aliphatic rings. The van der Waals surface area contributed by atoms with E-state index in [-0.39, 0.29) is 27.9 Å². The summed E-state index contributed by atoms with van der Waals surface area (Å²) < 4.78 is 60.3. The van der Waals surface area contributed by atoms with Gasteiger partial charge in [-0.2, -0.15) is 0 Å². The van der Waals surface area contributed by atoms with Gasteiger partial charge < -0.3 is 10.4 Å². The highest BCUT2D eigenvalue weighted by molar-refractivity contribution is 7.98. The zero-order valence-electron chi connectivity index (χ0n) is 35.5. The van der Waals surface area contributed by atoms with E-state index in [2.05, 4.69) is 25.3 Å². The number of aromatic nitrogens is 6. The van der Waals surface area contributed by atoms with Crippen LogP contribution < -0.4 is 16.4 Å². The summed E-state index contributed by atoms with van der Waals surface area (Å²) >= 11 is 2.43. The summed E-state index contributed by atoms with van der Waals surface area (Å²) in [6.07, 6.45) is 5.76. The first-order chi connectivity index (χ1) is 31.7. The molecule has 9 rings (SSSR count). The average molecular weight is 932 g/mol. The van der Waals surface area contributed by atoms with Crippen molar-refractivity contribution in [1.82, 2.24) is 34.4 Å². The summed E-state index contributed by atoms with van der Waals surface area (Å²) in [7, 11) is 0. The number of rotatable bonds is 10. The topological polar surface area (TPSA) is 162 Å². The quantitative estimate of drug-likeness (QED) is 0.0764. The van der Waals surface area contributed by atoms with Gasteiger partial charge in [0.1, 0.15) is 34.6 Å². The van der Waals surface area contributed by atoms with Crippen LogP contribution in [0.5, 0.6) is 0 Å². The van der Waals surface area contributed by atoms with Crippen LogP contribution in [0.1, 0.15) is 44.7 Å². The van der Waals surface area contributed by atoms with Crippen LogP contribution in [0.15, 0.2) is 117 Å². The maximum Gasteiger partial charge on any atom is 0.335 e. The van der Waals surface area contributed by atoms with Crippen molar-refractivity contribution in [1.29, 1.82) is 0 Å². The summed E-state index contributed by atoms with van der Waals surface area (Å²) in [6, 6.07) is 22.1. The molecule has 0 saturated heterocycles. The number of carbonyl (C=O) groups excluding carboxylic acids is 1. The molecule has 4 heterocycles. The van der Waals surface area contributed by atoms with Gasteiger partial charge in [0.2, 0.25) is 0 Å². The Morgan fingerprint density at radius 2 is 1.06 bits per heavy atom. The van der Waals surface area contributed by atoms with Crippen LogP contribution in [0.25, 0.3) is 56.0 Å². The number of thioether (sulfide) groups is 2. The molecule has 0 atom stereocenters. The minimum Gasteiger partial charge on any atom is -0.478 e. The van der Waals surface area contributed by atoms with E-state index in [0.29, 0.717) is 56.5 Å². The van der Waals surface area contributed by atoms with E-state index in [4.69, 9.17) is 0 Å². The van der Waals surface area contributed by atoms with Gasteiger partial charge in [-0.05, 0) is 117 Å². The number of fused-ring (bicyclic) bond motifs is 2. The van der Waals surface area contributed by atoms with Crippen LogP contribution in [0.2, 0.25) is 0 Å². The zero-order valence-corrected chi connectivity index (χ0v) is 37.2. The predicted molar refractivity (Wildman–Crippen MR) is 246 cm³/mol. The van der Waals surface area contributed by atoms with Gasteiger partial charge in [0.15, 0.2) is 21.6 Å². The van der Waals surface area contributed by atoms with Gasteiger partial charge in [0, 0.05) is 46.1 Å². The van der Waals surface area contributed by atoms with Crippen LogP contribution in [0.4, 0.5) is 17.6 Å². The van der Waals surface area contributed by atoms with Gasteiger partial charge in [0.05, 0.1) is 17.0 Å². The third kappa shape index (κ3) is 8.93. The fourth-order valence-corrected chi connectivity index (χ4v) is 8.03. The molecule has 4 aromatic carbocycles. The molecule has 1 amide bonds. The molecule has 4 aromatic heterocycles. The molecule has 0 aliphatic heterocycles. The van der Waals surface area contributed by atoms with Gasteiger partial charge >= 0.3 is 5.97 Å². The van der Waals surface area contributed by atoms with Crippen molar-refractivity contribution in [3.63, 3.8) is 0 Å². The number of carboxylic acid groups (broad SMARTS) is 1. The highest BCUT2D eigenvalue weighted by atomic mass is 32.2. The lowest BCUT2D eigenvalue weighted by Gasteiger charge is -2.15. The molecule has 12 nitrogen and oxygen atoms in total. The van der Waals surface area contributed by atoms with Crippen molar-refractivity contribution in [3.05, 3.63) is 163 Å². The number of aromatic carboxylic acids is 1. The number of pyridine rings is 2. The van der Waals surface area contributed by atoms with Crippen LogP contribution in [0.3, 0.4) is 0 Å². The minimum atomic E-state index is -1.10. The lowest BCUT2D eigenvalue weighted by atomic mass is 9.99. The Morgan fingerprint density at radius 1 is 0.636 bits per heavy atom. The van der Waals surface area contributed by atoms with Crippen molar-refractivity contribution < 1.29 is 32.3 Å². The number of amides is 1. The van der Waals surface area contributed by atoms with Crippen molar-refractivity contribution in [2.75, 3.05) is 19.1 Å². The molecule has 8 aromatic rings. The van der Waals surface area contributed by atoms with Crippen LogP contribution >= 0.6 is 23.5 Å². The van der Waals surface area contributed by atoms with Crippen LogP contribution in [-0.4, -0.2) is 65.1 Å². The molecule has 66 heavy (non-hydrogen) atoms. The third-order valence-electron chi connectivity index (χ3n) is 10.9. The average Bonchev–Trinajstić information content (AvgIpc) is 4.14. The molecule has 0 unspecified atom stereocenters. The number of carbonyl (C=O) groups is 2. The number of nitrogens with zero attached hydrogens (tertiary/aromatic N) is 6. The largest absolute Gasteiger partial charge is 0.478 e. The first-order valence-corrected chi connectivity index (χ1v) is 22.7. The Hall–Kier alpha value is -7.18. The van der Waals surface area contributed by atoms with E-state index in [9.17, 15) is 41.8 Å². The van der Waals surface area contributed by atoms with Gasteiger partial charge in [-0.25, -0.2) is 42.3 Å². The molecule has 0 radical (unpaired) electrons. The number of nitrogens with one attached hydrogen (secondary N) is 1. The van der Waals surface area contributed by atoms with Gasteiger partial charge in [-0.15, -0.1) is 0 Å². The molecular formula is C48H37F4N7O5S2. The summed E-state index contributed by atoms with van der Waals surface area (Å²) in [5.41, 5.74) is 1.95. The highest BCUT2D eigenvalue weighted by Crippen LogP contribution is 2.34. The fraction of sp³-hybridized carbons (Fsp3) is 0.167. The lowest BCUT2D eigenvalue weighted by molar-refractivity contribution is 0.0696. The molecular weight excluding hydrogens is 895 g/mol. The molecule has 2 N–H and O–H groups in total. The Kier molecular flexibility index (Phi) is 12.9. The first kappa shape index (κ1) is 45.4. The van der Waals surface area contributed by atoms with Crippen molar-refractivity contribution in [2.24, 2.45) is 5.92 Å². The number of hydrogen-bond donors (Lipinski definition) is 2. The van der Waals surface area contributed by atoms with E-state index in [1.807, 2.05) is 13.0 Å². The van der Waals surface area contributed by atoms with Gasteiger partial charge in [-0.3, -0.25) is 23.5 Å². The van der Waals surface area contributed by atoms with Crippen molar-refractivity contribution >= 4 is 57.5 Å². The third-order valence-corrected chi connectivity index (χ3v) is 12.0. The summed E-state index contributed by atoms with van der Waals surface area (Å²) in [5.74, 6) is -4.31. The summed E-state index contributed by atoms with van der Waals surface area (Å²) in [5, 5.41) is 13.7. The highest BCUT2D eigenvalue weighted by Gasteiger charge is 2.25. The molecule has 0 spiro atoms. The molecule has 18 heteroatoms. The second kappa shape index (κ2) is 18.7. The van der Waals surface area contributed by atoms with Crippen molar-refractivity contribution in [3.8, 4) is 33.9 Å². The van der Waals surface area contributed by atoms with Crippen LogP contribution in [-0.2, 0) is 0 Å². The SMILES string of the molecule is CSc1nc(-c2cc(C(=O)NCC3CC3)ccc2C)c2ccc(=O)n(-c3c(F)cccc3F)c2n1.CSc1nc(-c2cc(C(=O)O)ccc2C)c2ccc(=O)n(-c3c(F)cccc3F)c2n1. The molecule has 334 valence electrons. The summed E-state index contributed by atoms with van der Waals surface area (Å²) in [4.78, 5) is 67.7. The van der Waals surface area contributed by atoms with E-state index < -0.39 is 51.7 Å². The number of hydrogen-bond acceptors (Lipinski definition) is 10. The standard InChI is InChI=1S/C26H22F2N4O2S.C22H15F2N3O3S/c1-14-6-9-16(25(34)29-13-15-7-8-15)12-18(14)22-17-10-11-21(33)32(24(17)31-26(30-22)35-2)23-19(27)4-3-5-20(23)28;1-11-6-7-12(21(29)30)10-14(11)18-13-8-9-17(28)27(20(13)26-22(25-18)31-2)19-15(23)4-3-5-16(19)24/h3-6,9-12,15H,7-8,13H2,1-2H3,(H,29,34);3-10H,1-2H3,(H,29,30). The second-order valence-corrected chi connectivity index (χ2v) is 16.8. The Balaban J connectivity index is 0.000000181. The number of halogens is 4. The lowest BCUT2D eigenvalue weighted by Crippen LogP contribution is -2.25. The molecule has 0 bridgehead atoms. The number of benzene rings is 4. The zero-order chi connectivity index (χ0) is 47.0. The van der Waals surface area contributed by atoms with E-state index in [0.717, 1.165) is 57.4 Å². The van der Waals surface area contributed by atoms with Gasteiger partial charge in [0.25, 0.3) is 17.0 Å². The molecule has 1 saturated carbocycles.